The minimum atomic E-state index is -3.31. The molecule has 2 fully saturated rings. The van der Waals surface area contributed by atoms with E-state index in [1.165, 1.54) is 0 Å². The molecule has 2 aliphatic rings. The Morgan fingerprint density at radius 3 is 2.54 bits per heavy atom. The summed E-state index contributed by atoms with van der Waals surface area (Å²) >= 11 is 0. The van der Waals surface area contributed by atoms with Gasteiger partial charge >= 0.3 is 5.97 Å². The van der Waals surface area contributed by atoms with Crippen molar-refractivity contribution in [1.82, 2.24) is 24.5 Å². The highest BCUT2D eigenvalue weighted by Gasteiger charge is 2.45. The van der Waals surface area contributed by atoms with Crippen LogP contribution in [0.4, 0.5) is 22.0 Å². The third-order valence-electron chi connectivity index (χ3n) is 6.69. The van der Waals surface area contributed by atoms with Gasteiger partial charge in [-0.05, 0) is 46.5 Å². The summed E-state index contributed by atoms with van der Waals surface area (Å²) in [6.45, 7) is 5.18. The molecule has 1 unspecified atom stereocenters. The molecule has 2 bridgehead atoms. The molecule has 0 radical (unpaired) electrons. The number of piperidine rings is 2. The van der Waals surface area contributed by atoms with Crippen LogP contribution in [0.15, 0.2) is 6.07 Å². The molecular formula is C22H32FN7O4S. The zero-order chi connectivity index (χ0) is 25.3. The number of anilines is 3. The molecule has 0 aromatic carbocycles. The number of aryl methyl sites for hydroxylation is 1. The molecule has 0 aliphatic carbocycles. The summed E-state index contributed by atoms with van der Waals surface area (Å²) in [5, 5.41) is 9.63. The van der Waals surface area contributed by atoms with Crippen LogP contribution < -0.4 is 10.2 Å². The summed E-state index contributed by atoms with van der Waals surface area (Å²) in [4.78, 5) is 22.9. The number of carbonyl (C=O) groups is 1. The largest absolute Gasteiger partial charge is 0.461 e. The molecule has 2 aromatic rings. The number of hydrogen-bond donors (Lipinski definition) is 2. The Morgan fingerprint density at radius 2 is 1.97 bits per heavy atom. The summed E-state index contributed by atoms with van der Waals surface area (Å²) in [5.41, 5.74) is 0.301. The number of aromatic amines is 1. The predicted molar refractivity (Wildman–Crippen MR) is 129 cm³/mol. The fourth-order valence-corrected chi connectivity index (χ4v) is 6.60. The van der Waals surface area contributed by atoms with E-state index in [2.05, 4.69) is 25.5 Å². The molecule has 0 spiro atoms. The number of halogens is 1. The van der Waals surface area contributed by atoms with E-state index in [0.717, 1.165) is 25.0 Å². The van der Waals surface area contributed by atoms with E-state index in [1.54, 1.807) is 38.2 Å². The molecule has 2 saturated heterocycles. The summed E-state index contributed by atoms with van der Waals surface area (Å²) in [7, 11) is -1.52. The highest BCUT2D eigenvalue weighted by molar-refractivity contribution is 7.89. The van der Waals surface area contributed by atoms with Crippen LogP contribution in [0.3, 0.4) is 0 Å². The Labute approximate surface area is 204 Å². The number of hydrogen-bond acceptors (Lipinski definition) is 9. The molecule has 4 rings (SSSR count). The van der Waals surface area contributed by atoms with Gasteiger partial charge in [0.25, 0.3) is 0 Å². The van der Waals surface area contributed by atoms with Crippen molar-refractivity contribution in [2.75, 3.05) is 29.6 Å². The predicted octanol–water partition coefficient (Wildman–Crippen LogP) is 2.74. The second-order valence-electron chi connectivity index (χ2n) is 9.02. The van der Waals surface area contributed by atoms with E-state index in [-0.39, 0.29) is 42.3 Å². The van der Waals surface area contributed by atoms with Crippen LogP contribution in [0.25, 0.3) is 0 Å². The molecule has 0 amide bonds. The van der Waals surface area contributed by atoms with Crippen LogP contribution in [0.1, 0.15) is 62.1 Å². The maximum Gasteiger partial charge on any atom is 0.360 e. The third-order valence-corrected chi connectivity index (χ3v) is 8.66. The normalized spacial score (nSPS) is 22.6. The van der Waals surface area contributed by atoms with E-state index < -0.39 is 27.5 Å². The lowest BCUT2D eigenvalue weighted by molar-refractivity contribution is 0.0513. The summed E-state index contributed by atoms with van der Waals surface area (Å²) < 4.78 is 47.4. The molecule has 3 atom stereocenters. The molecule has 4 heterocycles. The van der Waals surface area contributed by atoms with Crippen molar-refractivity contribution in [3.63, 3.8) is 0 Å². The fraction of sp³-hybridized carbons (Fsp3) is 0.636. The number of aromatic nitrogens is 4. The molecule has 2 aromatic heterocycles. The molecule has 11 nitrogen and oxygen atoms in total. The first-order valence-electron chi connectivity index (χ1n) is 11.9. The quantitative estimate of drug-likeness (QED) is 0.515. The lowest BCUT2D eigenvalue weighted by atomic mass is 9.83. The standard InChI is InChI=1S/C22H32FN7O4S/c1-5-34-21(31)19-18(23)20(24-17-10-13(3)27-28-17)26-22(25-19)29(4)16-11-14-8-7-9-15(12-16)30(14)35(32,33)6-2/h10,14-16H,5-9,11-12H2,1-4H3,(H2,24,25,26,27,28)/t14-,15+,16?. The lowest BCUT2D eigenvalue weighted by Crippen LogP contribution is -2.58. The molecule has 35 heavy (non-hydrogen) atoms. The Morgan fingerprint density at radius 1 is 1.29 bits per heavy atom. The number of rotatable bonds is 8. The number of carbonyl (C=O) groups excluding carboxylic acids is 1. The van der Waals surface area contributed by atoms with E-state index in [4.69, 9.17) is 4.74 Å². The van der Waals surface area contributed by atoms with Crippen molar-refractivity contribution < 1.29 is 22.3 Å². The average Bonchev–Trinajstić information content (AvgIpc) is 3.23. The topological polar surface area (TPSA) is 133 Å². The van der Waals surface area contributed by atoms with E-state index >= 15 is 4.39 Å². The summed E-state index contributed by atoms with van der Waals surface area (Å²) in [6, 6.07) is 1.40. The van der Waals surface area contributed by atoms with Crippen LogP contribution in [0.5, 0.6) is 0 Å². The van der Waals surface area contributed by atoms with Crippen LogP contribution in [0.2, 0.25) is 0 Å². The number of ether oxygens (including phenoxy) is 1. The first-order chi connectivity index (χ1) is 16.6. The molecule has 2 aliphatic heterocycles. The number of nitrogens with one attached hydrogen (secondary N) is 2. The Kier molecular flexibility index (Phi) is 7.27. The Hall–Kier alpha value is -2.80. The average molecular weight is 510 g/mol. The minimum absolute atomic E-state index is 0.0719. The van der Waals surface area contributed by atoms with Crippen LogP contribution in [-0.4, -0.2) is 76.4 Å². The fourth-order valence-electron chi connectivity index (χ4n) is 5.01. The smallest absolute Gasteiger partial charge is 0.360 e. The molecular weight excluding hydrogens is 477 g/mol. The van der Waals surface area contributed by atoms with Gasteiger partial charge in [-0.3, -0.25) is 5.10 Å². The maximum absolute atomic E-state index is 15.2. The second-order valence-corrected chi connectivity index (χ2v) is 11.2. The SMILES string of the molecule is CCOC(=O)c1nc(N(C)C2C[C@H]3CCC[C@@H](C2)N3S(=O)(=O)CC)nc(Nc2cc(C)[nH]n2)c1F. The minimum Gasteiger partial charge on any atom is -0.461 e. The number of nitrogens with zero attached hydrogens (tertiary/aromatic N) is 5. The van der Waals surface area contributed by atoms with Crippen LogP contribution in [0, 0.1) is 12.7 Å². The zero-order valence-corrected chi connectivity index (χ0v) is 21.2. The van der Waals surface area contributed by atoms with Crippen molar-refractivity contribution in [2.24, 2.45) is 0 Å². The van der Waals surface area contributed by atoms with Gasteiger partial charge < -0.3 is 15.0 Å². The Bertz CT molecular complexity index is 1170. The van der Waals surface area contributed by atoms with Gasteiger partial charge in [-0.25, -0.2) is 22.6 Å². The first-order valence-corrected chi connectivity index (χ1v) is 13.5. The van der Waals surface area contributed by atoms with Crippen molar-refractivity contribution in [1.29, 1.82) is 0 Å². The summed E-state index contributed by atoms with van der Waals surface area (Å²) in [6.07, 6.45) is 3.78. The van der Waals surface area contributed by atoms with Gasteiger partial charge in [-0.1, -0.05) is 6.42 Å². The van der Waals surface area contributed by atoms with Gasteiger partial charge in [0, 0.05) is 36.9 Å². The third kappa shape index (κ3) is 5.10. The van der Waals surface area contributed by atoms with Crippen LogP contribution >= 0.6 is 0 Å². The summed E-state index contributed by atoms with van der Waals surface area (Å²) in [5.74, 6) is -1.43. The monoisotopic (exact) mass is 509 g/mol. The van der Waals surface area contributed by atoms with Gasteiger partial charge in [-0.15, -0.1) is 0 Å². The van der Waals surface area contributed by atoms with E-state index in [1.807, 2.05) is 4.90 Å². The molecule has 0 saturated carbocycles. The second kappa shape index (κ2) is 10.1. The lowest BCUT2D eigenvalue weighted by Gasteiger charge is -2.49. The van der Waals surface area contributed by atoms with E-state index in [9.17, 15) is 13.2 Å². The van der Waals surface area contributed by atoms with Crippen molar-refractivity contribution in [2.45, 2.75) is 71.0 Å². The Balaban J connectivity index is 1.66. The van der Waals surface area contributed by atoms with Gasteiger partial charge in [0.05, 0.1) is 12.4 Å². The maximum atomic E-state index is 15.2. The van der Waals surface area contributed by atoms with Gasteiger partial charge in [0.15, 0.2) is 23.1 Å². The molecule has 192 valence electrons. The van der Waals surface area contributed by atoms with Gasteiger partial charge in [-0.2, -0.15) is 14.4 Å². The number of esters is 1. The number of sulfonamides is 1. The number of H-pyrrole nitrogens is 1. The molecule has 2 N–H and O–H groups in total. The number of fused-ring (bicyclic) bond motifs is 2. The van der Waals surface area contributed by atoms with Gasteiger partial charge in [0.1, 0.15) is 0 Å². The highest BCUT2D eigenvalue weighted by atomic mass is 32.2. The van der Waals surface area contributed by atoms with Crippen molar-refractivity contribution in [3.8, 4) is 0 Å². The first kappa shape index (κ1) is 25.3. The van der Waals surface area contributed by atoms with Crippen molar-refractivity contribution in [3.05, 3.63) is 23.3 Å². The van der Waals surface area contributed by atoms with E-state index in [0.29, 0.717) is 18.7 Å². The van der Waals surface area contributed by atoms with Crippen LogP contribution in [-0.2, 0) is 14.8 Å². The zero-order valence-electron chi connectivity index (χ0n) is 20.4. The molecule has 13 heteroatoms. The van der Waals surface area contributed by atoms with Crippen molar-refractivity contribution >= 4 is 33.6 Å². The van der Waals surface area contributed by atoms with Gasteiger partial charge in [0.2, 0.25) is 16.0 Å². The highest BCUT2D eigenvalue weighted by Crippen LogP contribution is 2.38.